The highest BCUT2D eigenvalue weighted by molar-refractivity contribution is 5.12. The minimum absolute atomic E-state index is 0.202. The highest BCUT2D eigenvalue weighted by Gasteiger charge is 2.54. The number of hydrogen-bond acceptors (Lipinski definition) is 2. The molecular weight excluding hydrogens is 186 g/mol. The average molecular weight is 207 g/mol. The Morgan fingerprint density at radius 3 is 2.20 bits per heavy atom. The number of hydrogen-bond donors (Lipinski definition) is 0. The zero-order valence-electron chi connectivity index (χ0n) is 10.1. The van der Waals surface area contributed by atoms with E-state index in [0.717, 1.165) is 13.1 Å². The fourth-order valence-electron chi connectivity index (χ4n) is 2.48. The molecule has 2 aliphatic rings. The zero-order chi connectivity index (χ0) is 11.1. The maximum atomic E-state index is 7.09. The van der Waals surface area contributed by atoms with E-state index in [-0.39, 0.29) is 11.1 Å². The molecule has 2 fully saturated rings. The van der Waals surface area contributed by atoms with Crippen LogP contribution in [-0.4, -0.2) is 53.6 Å². The van der Waals surface area contributed by atoms with Crippen LogP contribution in [0.3, 0.4) is 0 Å². The van der Waals surface area contributed by atoms with E-state index in [1.807, 2.05) is 0 Å². The molecule has 2 saturated heterocycles. The number of likely N-dealkylation sites (tertiary alicyclic amines) is 2. The first-order valence-corrected chi connectivity index (χ1v) is 5.81. The van der Waals surface area contributed by atoms with Crippen molar-refractivity contribution in [3.05, 3.63) is 11.4 Å². The Kier molecular flexibility index (Phi) is 2.52. The van der Waals surface area contributed by atoms with E-state index in [1.165, 1.54) is 19.5 Å². The van der Waals surface area contributed by atoms with E-state index in [0.29, 0.717) is 6.54 Å². The number of nitrogens with zero attached hydrogens (tertiary/aromatic N) is 3. The molecule has 0 aromatic rings. The first kappa shape index (κ1) is 10.9. The summed E-state index contributed by atoms with van der Waals surface area (Å²) in [7, 11) is 0. The Morgan fingerprint density at radius 1 is 1.27 bits per heavy atom. The molecule has 2 aliphatic heterocycles. The first-order chi connectivity index (χ1) is 6.98. The highest BCUT2D eigenvalue weighted by Crippen LogP contribution is 2.36. The maximum Gasteiger partial charge on any atom is 0.235 e. The fourth-order valence-corrected chi connectivity index (χ4v) is 2.48. The van der Waals surface area contributed by atoms with Gasteiger partial charge in [-0.1, -0.05) is 0 Å². The second-order valence-corrected chi connectivity index (χ2v) is 5.91. The molecule has 84 valence electrons. The number of rotatable bonds is 2. The molecule has 3 nitrogen and oxygen atoms in total. The molecule has 0 unspecified atom stereocenters. The van der Waals surface area contributed by atoms with Gasteiger partial charge in [-0.2, -0.15) is 0 Å². The molecule has 0 bridgehead atoms. The van der Waals surface area contributed by atoms with Crippen LogP contribution in [0.25, 0.3) is 4.85 Å². The minimum atomic E-state index is 0.202. The summed E-state index contributed by atoms with van der Waals surface area (Å²) in [4.78, 5) is 8.62. The molecule has 0 spiro atoms. The van der Waals surface area contributed by atoms with Gasteiger partial charge in [-0.3, -0.25) is 9.80 Å². The molecule has 15 heavy (non-hydrogen) atoms. The van der Waals surface area contributed by atoms with Gasteiger partial charge in [-0.25, -0.2) is 6.57 Å². The van der Waals surface area contributed by atoms with Crippen molar-refractivity contribution < 1.29 is 0 Å². The molecule has 0 aromatic heterocycles. The third-order valence-corrected chi connectivity index (χ3v) is 3.82. The molecule has 0 radical (unpaired) electrons. The molecule has 0 aliphatic carbocycles. The van der Waals surface area contributed by atoms with Crippen LogP contribution in [-0.2, 0) is 0 Å². The monoisotopic (exact) mass is 207 g/mol. The predicted octanol–water partition coefficient (Wildman–Crippen LogP) is 1.46. The second kappa shape index (κ2) is 3.47. The molecule has 2 rings (SSSR count). The molecule has 0 amide bonds. The van der Waals surface area contributed by atoms with Crippen LogP contribution < -0.4 is 0 Å². The van der Waals surface area contributed by atoms with Gasteiger partial charge < -0.3 is 4.85 Å². The Balaban J connectivity index is 1.98. The van der Waals surface area contributed by atoms with Crippen LogP contribution in [0.1, 0.15) is 27.2 Å². The summed E-state index contributed by atoms with van der Waals surface area (Å²) in [6, 6.07) is 0. The fraction of sp³-hybridized carbons (Fsp3) is 0.917. The predicted molar refractivity (Wildman–Crippen MR) is 61.7 cm³/mol. The van der Waals surface area contributed by atoms with Gasteiger partial charge in [-0.15, -0.1) is 0 Å². The summed E-state index contributed by atoms with van der Waals surface area (Å²) in [6.45, 7) is 19.1. The van der Waals surface area contributed by atoms with Gasteiger partial charge in [0.05, 0.1) is 0 Å². The summed E-state index contributed by atoms with van der Waals surface area (Å²) in [5.41, 5.74) is 0.462. The summed E-state index contributed by atoms with van der Waals surface area (Å²) in [5.74, 6) is 0. The van der Waals surface area contributed by atoms with Gasteiger partial charge in [-0.05, 0) is 27.2 Å². The van der Waals surface area contributed by atoms with Crippen LogP contribution in [0.4, 0.5) is 0 Å². The largest absolute Gasteiger partial charge is 0.315 e. The summed E-state index contributed by atoms with van der Waals surface area (Å²) in [5, 5.41) is 0. The lowest BCUT2D eigenvalue weighted by Gasteiger charge is -2.59. The van der Waals surface area contributed by atoms with E-state index < -0.39 is 0 Å². The van der Waals surface area contributed by atoms with Crippen LogP contribution >= 0.6 is 0 Å². The van der Waals surface area contributed by atoms with Gasteiger partial charge in [0.15, 0.2) is 0 Å². The molecule has 3 heteroatoms. The van der Waals surface area contributed by atoms with E-state index in [4.69, 9.17) is 6.57 Å². The molecule has 0 aromatic carbocycles. The summed E-state index contributed by atoms with van der Waals surface area (Å²) >= 11 is 0. The van der Waals surface area contributed by atoms with E-state index in [2.05, 4.69) is 35.4 Å². The van der Waals surface area contributed by atoms with E-state index in [9.17, 15) is 0 Å². The minimum Gasteiger partial charge on any atom is -0.315 e. The van der Waals surface area contributed by atoms with Gasteiger partial charge in [0, 0.05) is 31.7 Å². The maximum absolute atomic E-state index is 7.09. The Hall–Kier alpha value is -0.590. The van der Waals surface area contributed by atoms with Crippen molar-refractivity contribution in [2.45, 2.75) is 38.3 Å². The van der Waals surface area contributed by atoms with Crippen molar-refractivity contribution in [2.24, 2.45) is 0 Å². The Labute approximate surface area is 92.9 Å². The zero-order valence-corrected chi connectivity index (χ0v) is 10.1. The molecule has 0 saturated carbocycles. The standard InChI is InChI=1S/C12H21N3/c1-11(2,3)15-9-12(10-15,8-13-4)14-6-5-7-14/h5-10H2,1-3H3. The van der Waals surface area contributed by atoms with E-state index >= 15 is 0 Å². The highest BCUT2D eigenvalue weighted by atomic mass is 15.4. The van der Waals surface area contributed by atoms with Crippen LogP contribution in [0.5, 0.6) is 0 Å². The molecular formula is C12H21N3. The first-order valence-electron chi connectivity index (χ1n) is 5.81. The molecule has 2 heterocycles. The van der Waals surface area contributed by atoms with Crippen molar-refractivity contribution in [1.29, 1.82) is 0 Å². The summed E-state index contributed by atoms with van der Waals surface area (Å²) < 4.78 is 0. The van der Waals surface area contributed by atoms with Crippen LogP contribution in [0.15, 0.2) is 0 Å². The van der Waals surface area contributed by atoms with Crippen molar-refractivity contribution in [1.82, 2.24) is 9.80 Å². The molecule has 0 N–H and O–H groups in total. The van der Waals surface area contributed by atoms with Gasteiger partial charge in [0.1, 0.15) is 5.54 Å². The lowest BCUT2D eigenvalue weighted by Crippen LogP contribution is -2.76. The Bertz CT molecular complexity index is 274. The lowest BCUT2D eigenvalue weighted by atomic mass is 9.81. The van der Waals surface area contributed by atoms with Crippen LogP contribution in [0.2, 0.25) is 0 Å². The molecule has 0 atom stereocenters. The van der Waals surface area contributed by atoms with Gasteiger partial charge in [0.2, 0.25) is 6.54 Å². The van der Waals surface area contributed by atoms with Gasteiger partial charge in [0.25, 0.3) is 0 Å². The SMILES string of the molecule is [C-]#[N+]CC1(N2CCC2)CN(C(C)(C)C)C1. The van der Waals surface area contributed by atoms with E-state index in [1.54, 1.807) is 0 Å². The Morgan fingerprint density at radius 2 is 1.87 bits per heavy atom. The lowest BCUT2D eigenvalue weighted by molar-refractivity contribution is -0.107. The third-order valence-electron chi connectivity index (χ3n) is 3.82. The smallest absolute Gasteiger partial charge is 0.235 e. The van der Waals surface area contributed by atoms with Crippen molar-refractivity contribution in [2.75, 3.05) is 32.7 Å². The quantitative estimate of drug-likeness (QED) is 0.635. The van der Waals surface area contributed by atoms with Crippen molar-refractivity contribution in [3.63, 3.8) is 0 Å². The van der Waals surface area contributed by atoms with Crippen molar-refractivity contribution in [3.8, 4) is 0 Å². The third kappa shape index (κ3) is 1.77. The normalized spacial score (nSPS) is 26.5. The summed E-state index contributed by atoms with van der Waals surface area (Å²) in [6.07, 6.45) is 1.31. The second-order valence-electron chi connectivity index (χ2n) is 5.91. The van der Waals surface area contributed by atoms with Crippen molar-refractivity contribution >= 4 is 0 Å². The van der Waals surface area contributed by atoms with Crippen LogP contribution in [0, 0.1) is 6.57 Å². The van der Waals surface area contributed by atoms with Gasteiger partial charge >= 0.3 is 0 Å². The topological polar surface area (TPSA) is 10.8 Å². The average Bonchev–Trinajstić information content (AvgIpc) is 1.93.